The molecule has 0 aliphatic carbocycles. The minimum Gasteiger partial charge on any atom is -0.276 e. The monoisotopic (exact) mass is 278 g/mol. The fourth-order valence-corrected chi connectivity index (χ4v) is 2.40. The summed E-state index contributed by atoms with van der Waals surface area (Å²) in [6.45, 7) is 3.42. The number of benzene rings is 1. The minimum absolute atomic E-state index is 0.117. The Balaban J connectivity index is 2.50. The van der Waals surface area contributed by atoms with E-state index in [4.69, 9.17) is 0 Å². The van der Waals surface area contributed by atoms with E-state index in [0.29, 0.717) is 0 Å². The lowest BCUT2D eigenvalue weighted by molar-refractivity contribution is -0.143. The highest BCUT2D eigenvalue weighted by atomic mass is 19.1. The third-order valence-electron chi connectivity index (χ3n) is 3.74. The molecule has 1 aliphatic rings. The smallest absolute Gasteiger partial charge is 0.276 e. The van der Waals surface area contributed by atoms with Crippen molar-refractivity contribution in [1.29, 1.82) is 0 Å². The molecule has 0 aromatic heterocycles. The summed E-state index contributed by atoms with van der Waals surface area (Å²) in [5.74, 6) is -1.76. The number of carbonyl (C=O) groups excluding carboxylic acids is 3. The summed E-state index contributed by atoms with van der Waals surface area (Å²) in [7, 11) is 0. The van der Waals surface area contributed by atoms with Crippen LogP contribution in [0.4, 0.5) is 14.9 Å². The molecule has 1 aromatic rings. The average molecular weight is 278 g/mol. The van der Waals surface area contributed by atoms with Gasteiger partial charge in [0.05, 0.1) is 5.69 Å². The van der Waals surface area contributed by atoms with E-state index < -0.39 is 29.1 Å². The molecule has 0 bridgehead atoms. The fraction of sp³-hybridized carbons (Fsp3) is 0.357. The first kappa shape index (κ1) is 14.2. The first-order valence-electron chi connectivity index (χ1n) is 6.41. The summed E-state index contributed by atoms with van der Waals surface area (Å²) in [5, 5.41) is 2.18. The predicted octanol–water partition coefficient (Wildman–Crippen LogP) is 2.21. The minimum atomic E-state index is -1.28. The van der Waals surface area contributed by atoms with Gasteiger partial charge < -0.3 is 0 Å². The number of nitrogens with one attached hydrogen (secondary N) is 1. The van der Waals surface area contributed by atoms with Crippen molar-refractivity contribution in [3.63, 3.8) is 0 Å². The molecule has 1 aromatic carbocycles. The molecule has 1 fully saturated rings. The molecule has 0 atom stereocenters. The molecule has 5 nitrogen and oxygen atoms in total. The van der Waals surface area contributed by atoms with Crippen LogP contribution in [0.1, 0.15) is 26.7 Å². The first-order chi connectivity index (χ1) is 9.46. The van der Waals surface area contributed by atoms with E-state index in [0.717, 1.165) is 11.0 Å². The molecule has 1 saturated heterocycles. The molecule has 1 N–H and O–H groups in total. The van der Waals surface area contributed by atoms with Gasteiger partial charge in [-0.15, -0.1) is 0 Å². The molecule has 1 heterocycles. The van der Waals surface area contributed by atoms with Crippen LogP contribution in [0.15, 0.2) is 24.3 Å². The lowest BCUT2D eigenvalue weighted by atomic mass is 9.78. The summed E-state index contributed by atoms with van der Waals surface area (Å²) in [6, 6.07) is 4.31. The van der Waals surface area contributed by atoms with Gasteiger partial charge in [-0.05, 0) is 31.0 Å². The number of carbonyl (C=O) groups is 3. The van der Waals surface area contributed by atoms with Crippen molar-refractivity contribution in [2.75, 3.05) is 4.90 Å². The number of nitrogens with zero attached hydrogens (tertiary/aromatic N) is 1. The summed E-state index contributed by atoms with van der Waals surface area (Å²) in [4.78, 5) is 37.3. The number of barbiturate groups is 1. The van der Waals surface area contributed by atoms with Crippen molar-refractivity contribution in [1.82, 2.24) is 5.32 Å². The summed E-state index contributed by atoms with van der Waals surface area (Å²) in [6.07, 6.45) is 0.542. The molecule has 6 heteroatoms. The number of hydrogen-bond acceptors (Lipinski definition) is 3. The molecule has 0 unspecified atom stereocenters. The van der Waals surface area contributed by atoms with Crippen molar-refractivity contribution >= 4 is 23.5 Å². The third-order valence-corrected chi connectivity index (χ3v) is 3.74. The molecule has 0 spiro atoms. The molecule has 20 heavy (non-hydrogen) atoms. The van der Waals surface area contributed by atoms with Crippen molar-refractivity contribution in [3.05, 3.63) is 30.1 Å². The Morgan fingerprint density at radius 2 is 1.85 bits per heavy atom. The maximum absolute atomic E-state index is 13.3. The van der Waals surface area contributed by atoms with Crippen LogP contribution in [0, 0.1) is 11.2 Å². The third kappa shape index (κ3) is 1.97. The zero-order chi connectivity index (χ0) is 14.9. The topological polar surface area (TPSA) is 66.5 Å². The van der Waals surface area contributed by atoms with E-state index in [1.165, 1.54) is 18.2 Å². The van der Waals surface area contributed by atoms with Crippen molar-refractivity contribution in [3.8, 4) is 0 Å². The highest BCUT2D eigenvalue weighted by Crippen LogP contribution is 2.34. The highest BCUT2D eigenvalue weighted by Gasteiger charge is 2.51. The van der Waals surface area contributed by atoms with Gasteiger partial charge in [0.15, 0.2) is 0 Å². The van der Waals surface area contributed by atoms with Crippen LogP contribution >= 0.6 is 0 Å². The molecular weight excluding hydrogens is 263 g/mol. The van der Waals surface area contributed by atoms with Gasteiger partial charge in [-0.3, -0.25) is 14.9 Å². The van der Waals surface area contributed by atoms with Crippen LogP contribution in [-0.4, -0.2) is 17.8 Å². The van der Waals surface area contributed by atoms with Crippen molar-refractivity contribution < 1.29 is 18.8 Å². The lowest BCUT2D eigenvalue weighted by Gasteiger charge is -2.38. The van der Waals surface area contributed by atoms with Crippen LogP contribution in [0.2, 0.25) is 0 Å². The number of rotatable bonds is 3. The second-order valence-electron chi connectivity index (χ2n) is 4.67. The normalized spacial score (nSPS) is 18.1. The quantitative estimate of drug-likeness (QED) is 0.862. The largest absolute Gasteiger partial charge is 0.335 e. The van der Waals surface area contributed by atoms with E-state index >= 15 is 0 Å². The fourth-order valence-electron chi connectivity index (χ4n) is 2.40. The highest BCUT2D eigenvalue weighted by molar-refractivity contribution is 6.29. The number of hydrogen-bond donors (Lipinski definition) is 1. The predicted molar refractivity (Wildman–Crippen MR) is 70.4 cm³/mol. The van der Waals surface area contributed by atoms with Gasteiger partial charge in [0.25, 0.3) is 5.91 Å². The Morgan fingerprint density at radius 3 is 2.40 bits per heavy atom. The van der Waals surface area contributed by atoms with E-state index in [9.17, 15) is 18.8 Å². The Bertz CT molecular complexity index is 582. The van der Waals surface area contributed by atoms with E-state index in [1.807, 2.05) is 0 Å². The molecule has 4 amide bonds. The molecule has 106 valence electrons. The lowest BCUT2D eigenvalue weighted by Crippen LogP contribution is -2.64. The molecule has 0 radical (unpaired) electrons. The molecular formula is C14H15FN2O3. The van der Waals surface area contributed by atoms with E-state index in [2.05, 4.69) is 5.32 Å². The second kappa shape index (κ2) is 5.03. The van der Waals surface area contributed by atoms with Gasteiger partial charge in [-0.1, -0.05) is 19.9 Å². The van der Waals surface area contributed by atoms with Crippen LogP contribution in [0.25, 0.3) is 0 Å². The van der Waals surface area contributed by atoms with E-state index in [-0.39, 0.29) is 18.5 Å². The SMILES string of the molecule is CCC1(CC)C(=O)NC(=O)N(c2cccc(F)c2)C1=O. The van der Waals surface area contributed by atoms with Gasteiger partial charge in [0.2, 0.25) is 5.91 Å². The molecule has 2 rings (SSSR count). The molecule has 1 aliphatic heterocycles. The van der Waals surface area contributed by atoms with Gasteiger partial charge >= 0.3 is 6.03 Å². The van der Waals surface area contributed by atoms with Crippen LogP contribution < -0.4 is 10.2 Å². The Kier molecular flexibility index (Phi) is 3.57. The maximum atomic E-state index is 13.3. The van der Waals surface area contributed by atoms with Gasteiger partial charge in [0, 0.05) is 0 Å². The number of amides is 4. The summed E-state index contributed by atoms with van der Waals surface area (Å²) >= 11 is 0. The number of anilines is 1. The van der Waals surface area contributed by atoms with Crippen LogP contribution in [0.3, 0.4) is 0 Å². The van der Waals surface area contributed by atoms with Crippen molar-refractivity contribution in [2.45, 2.75) is 26.7 Å². The van der Waals surface area contributed by atoms with Crippen molar-refractivity contribution in [2.24, 2.45) is 5.41 Å². The number of imide groups is 2. The number of urea groups is 1. The Labute approximate surface area is 115 Å². The van der Waals surface area contributed by atoms with Gasteiger partial charge in [-0.2, -0.15) is 0 Å². The Hall–Kier alpha value is -2.24. The molecule has 0 saturated carbocycles. The standard InChI is InChI=1S/C14H15FN2O3/c1-3-14(4-2)11(18)16-13(20)17(12(14)19)10-7-5-6-9(15)8-10/h5-8H,3-4H2,1-2H3,(H,16,18,20). The number of halogens is 1. The van der Waals surface area contributed by atoms with Gasteiger partial charge in [-0.25, -0.2) is 14.1 Å². The zero-order valence-electron chi connectivity index (χ0n) is 11.3. The second-order valence-corrected chi connectivity index (χ2v) is 4.67. The maximum Gasteiger partial charge on any atom is 0.335 e. The van der Waals surface area contributed by atoms with Crippen LogP contribution in [0.5, 0.6) is 0 Å². The summed E-state index contributed by atoms with van der Waals surface area (Å²) in [5.41, 5.74) is -1.16. The average Bonchev–Trinajstić information content (AvgIpc) is 2.40. The van der Waals surface area contributed by atoms with E-state index in [1.54, 1.807) is 13.8 Å². The first-order valence-corrected chi connectivity index (χ1v) is 6.41. The summed E-state index contributed by atoms with van der Waals surface area (Å²) < 4.78 is 13.3. The van der Waals surface area contributed by atoms with Gasteiger partial charge in [0.1, 0.15) is 11.2 Å². The zero-order valence-corrected chi connectivity index (χ0v) is 11.3. The van der Waals surface area contributed by atoms with Crippen LogP contribution in [-0.2, 0) is 9.59 Å². The Morgan fingerprint density at radius 1 is 1.20 bits per heavy atom.